The number of amides is 1. The van der Waals surface area contributed by atoms with Crippen LogP contribution >= 0.6 is 11.6 Å². The van der Waals surface area contributed by atoms with Crippen molar-refractivity contribution in [3.05, 3.63) is 127 Å². The van der Waals surface area contributed by atoms with E-state index in [0.29, 0.717) is 11.3 Å². The van der Waals surface area contributed by atoms with E-state index < -0.39 is 33.9 Å². The van der Waals surface area contributed by atoms with E-state index >= 15 is 0 Å². The second kappa shape index (κ2) is 12.2. The van der Waals surface area contributed by atoms with Gasteiger partial charge in [0.25, 0.3) is 11.2 Å². The Labute approximate surface area is 241 Å². The van der Waals surface area contributed by atoms with Gasteiger partial charge in [-0.2, -0.15) is 0 Å². The highest BCUT2D eigenvalue weighted by molar-refractivity contribution is 6.31. The van der Waals surface area contributed by atoms with Crippen molar-refractivity contribution in [1.29, 1.82) is 0 Å². The predicted octanol–water partition coefficient (Wildman–Crippen LogP) is 6.52. The van der Waals surface area contributed by atoms with Gasteiger partial charge in [0.1, 0.15) is 5.60 Å². The average molecular weight is 574 g/mol. The lowest BCUT2D eigenvalue weighted by Crippen LogP contribution is -2.29. The van der Waals surface area contributed by atoms with Crippen LogP contribution in [0.1, 0.15) is 48.2 Å². The molecule has 0 fully saturated rings. The lowest BCUT2D eigenvalue weighted by molar-refractivity contribution is -0.384. The van der Waals surface area contributed by atoms with Crippen molar-refractivity contribution >= 4 is 34.9 Å². The third-order valence-corrected chi connectivity index (χ3v) is 6.41. The minimum absolute atomic E-state index is 0.0598. The molecule has 4 aromatic rings. The normalized spacial score (nSPS) is 11.9. The highest BCUT2D eigenvalue weighted by Crippen LogP contribution is 2.37. The summed E-state index contributed by atoms with van der Waals surface area (Å²) in [5.41, 5.74) is 0.415. The van der Waals surface area contributed by atoms with E-state index in [1.54, 1.807) is 32.9 Å². The van der Waals surface area contributed by atoms with Crippen molar-refractivity contribution in [3.63, 3.8) is 0 Å². The number of esters is 1. The lowest BCUT2D eigenvalue weighted by atomic mass is 9.86. The zero-order chi connectivity index (χ0) is 29.7. The van der Waals surface area contributed by atoms with Crippen molar-refractivity contribution in [2.75, 3.05) is 5.32 Å². The Morgan fingerprint density at radius 2 is 1.68 bits per heavy atom. The molecule has 0 saturated carbocycles. The Bertz CT molecular complexity index is 1640. The summed E-state index contributed by atoms with van der Waals surface area (Å²) >= 11 is 6.19. The number of benzene rings is 3. The van der Waals surface area contributed by atoms with Gasteiger partial charge >= 0.3 is 5.97 Å². The van der Waals surface area contributed by atoms with Gasteiger partial charge in [0, 0.05) is 28.5 Å². The number of nitro benzene ring substituents is 1. The van der Waals surface area contributed by atoms with Crippen LogP contribution in [0, 0.1) is 10.1 Å². The highest BCUT2D eigenvalue weighted by atomic mass is 35.5. The van der Waals surface area contributed by atoms with Gasteiger partial charge in [0.15, 0.2) is 0 Å². The molecule has 0 radical (unpaired) electrons. The van der Waals surface area contributed by atoms with E-state index in [0.717, 1.165) is 5.56 Å². The fourth-order valence-electron chi connectivity index (χ4n) is 4.39. The van der Waals surface area contributed by atoms with Crippen molar-refractivity contribution < 1.29 is 19.2 Å². The summed E-state index contributed by atoms with van der Waals surface area (Å²) in [4.78, 5) is 53.4. The van der Waals surface area contributed by atoms with Gasteiger partial charge in [-0.1, -0.05) is 41.9 Å². The summed E-state index contributed by atoms with van der Waals surface area (Å²) in [5, 5.41) is 14.9. The van der Waals surface area contributed by atoms with Gasteiger partial charge in [-0.3, -0.25) is 19.7 Å². The van der Waals surface area contributed by atoms with Crippen LogP contribution in [0.3, 0.4) is 0 Å². The second-order valence-electron chi connectivity index (χ2n) is 10.4. The molecular weight excluding hydrogens is 546 g/mol. The van der Waals surface area contributed by atoms with Gasteiger partial charge in [0.05, 0.1) is 22.0 Å². The number of carbonyl (C=O) groups excluding carboxylic acids is 2. The molecule has 10 heteroatoms. The number of aromatic amines is 1. The SMILES string of the molecule is CC(C)(C)OC(=O)c1ccc(NC(=O)C(Cc2ccccc2)c2c(-c3cc(Cl)ccc3[N+](=O)[O-])cc[nH]c2=O)cc1. The zero-order valence-corrected chi connectivity index (χ0v) is 23.4. The van der Waals surface area contributed by atoms with Crippen LogP contribution < -0.4 is 10.9 Å². The van der Waals surface area contributed by atoms with Crippen LogP contribution in [-0.4, -0.2) is 27.4 Å². The summed E-state index contributed by atoms with van der Waals surface area (Å²) in [6, 6.07) is 20.9. The van der Waals surface area contributed by atoms with E-state index in [2.05, 4.69) is 10.3 Å². The number of carbonyl (C=O) groups is 2. The molecule has 1 unspecified atom stereocenters. The van der Waals surface area contributed by atoms with Crippen LogP contribution in [-0.2, 0) is 16.0 Å². The monoisotopic (exact) mass is 573 g/mol. The van der Waals surface area contributed by atoms with E-state index in [9.17, 15) is 24.5 Å². The molecule has 0 saturated heterocycles. The largest absolute Gasteiger partial charge is 0.456 e. The summed E-state index contributed by atoms with van der Waals surface area (Å²) in [6.45, 7) is 5.30. The topological polar surface area (TPSA) is 131 Å². The number of anilines is 1. The Morgan fingerprint density at radius 3 is 2.32 bits per heavy atom. The number of H-pyrrole nitrogens is 1. The van der Waals surface area contributed by atoms with Crippen LogP contribution in [0.5, 0.6) is 0 Å². The van der Waals surface area contributed by atoms with E-state index in [1.807, 2.05) is 30.3 Å². The molecule has 210 valence electrons. The minimum Gasteiger partial charge on any atom is -0.456 e. The average Bonchev–Trinajstić information content (AvgIpc) is 2.91. The van der Waals surface area contributed by atoms with Crippen molar-refractivity contribution in [3.8, 4) is 11.1 Å². The number of pyridine rings is 1. The number of nitrogens with one attached hydrogen (secondary N) is 2. The lowest BCUT2D eigenvalue weighted by Gasteiger charge is -2.21. The number of hydrogen-bond acceptors (Lipinski definition) is 6. The fourth-order valence-corrected chi connectivity index (χ4v) is 4.56. The van der Waals surface area contributed by atoms with Gasteiger partial charge in [-0.05, 0) is 80.8 Å². The smallest absolute Gasteiger partial charge is 0.338 e. The molecule has 3 aromatic carbocycles. The van der Waals surface area contributed by atoms with Crippen LogP contribution in [0.15, 0.2) is 89.9 Å². The molecule has 41 heavy (non-hydrogen) atoms. The van der Waals surface area contributed by atoms with E-state index in [1.165, 1.54) is 42.6 Å². The number of halogens is 1. The Morgan fingerprint density at radius 1 is 1.00 bits per heavy atom. The fraction of sp³-hybridized carbons (Fsp3) is 0.194. The third kappa shape index (κ3) is 7.26. The zero-order valence-electron chi connectivity index (χ0n) is 22.6. The summed E-state index contributed by atoms with van der Waals surface area (Å²) in [5.74, 6) is -2.05. The predicted molar refractivity (Wildman–Crippen MR) is 157 cm³/mol. The van der Waals surface area contributed by atoms with Crippen molar-refractivity contribution in [2.45, 2.75) is 38.7 Å². The maximum absolute atomic E-state index is 13.8. The molecule has 0 aliphatic carbocycles. The molecule has 1 atom stereocenters. The third-order valence-electron chi connectivity index (χ3n) is 6.18. The highest BCUT2D eigenvalue weighted by Gasteiger charge is 2.30. The van der Waals surface area contributed by atoms with Crippen molar-refractivity contribution in [2.24, 2.45) is 0 Å². The van der Waals surface area contributed by atoms with Gasteiger partial charge in [-0.15, -0.1) is 0 Å². The van der Waals surface area contributed by atoms with Gasteiger partial charge < -0.3 is 15.0 Å². The molecule has 0 aliphatic rings. The molecule has 0 aliphatic heterocycles. The summed E-state index contributed by atoms with van der Waals surface area (Å²) in [7, 11) is 0. The van der Waals surface area contributed by atoms with Crippen LogP contribution in [0.25, 0.3) is 11.1 Å². The molecule has 9 nitrogen and oxygen atoms in total. The first-order chi connectivity index (χ1) is 19.4. The number of aromatic nitrogens is 1. The Kier molecular flexibility index (Phi) is 8.68. The maximum Gasteiger partial charge on any atom is 0.338 e. The number of ether oxygens (including phenoxy) is 1. The van der Waals surface area contributed by atoms with Crippen molar-refractivity contribution in [1.82, 2.24) is 4.98 Å². The second-order valence-corrected chi connectivity index (χ2v) is 10.8. The number of nitrogens with zero attached hydrogens (tertiary/aromatic N) is 1. The first kappa shape index (κ1) is 29.2. The first-order valence-corrected chi connectivity index (χ1v) is 13.1. The summed E-state index contributed by atoms with van der Waals surface area (Å²) < 4.78 is 5.39. The molecule has 0 bridgehead atoms. The standard InChI is InChI=1S/C31H28ClN3O6/c1-31(2,3)41-30(38)20-9-12-22(13-10-20)34-28(36)25(17-19-7-5-4-6-8-19)27-23(15-16-33-29(27)37)24-18-21(32)11-14-26(24)35(39)40/h4-16,18,25H,17H2,1-3H3,(H,33,37)(H,34,36). The molecule has 1 aromatic heterocycles. The maximum atomic E-state index is 13.8. The number of nitro groups is 1. The molecule has 4 rings (SSSR count). The van der Waals surface area contributed by atoms with E-state index in [4.69, 9.17) is 16.3 Å². The van der Waals surface area contributed by atoms with Gasteiger partial charge in [-0.25, -0.2) is 4.79 Å². The molecule has 1 heterocycles. The number of rotatable bonds is 8. The molecule has 1 amide bonds. The van der Waals surface area contributed by atoms with Crippen LogP contribution in [0.2, 0.25) is 5.02 Å². The first-order valence-electron chi connectivity index (χ1n) is 12.8. The Hall–Kier alpha value is -4.76. The van der Waals surface area contributed by atoms with E-state index in [-0.39, 0.29) is 33.8 Å². The van der Waals surface area contributed by atoms with Gasteiger partial charge in [0.2, 0.25) is 5.91 Å². The molecule has 0 spiro atoms. The molecular formula is C31H28ClN3O6. The quantitative estimate of drug-likeness (QED) is 0.140. The van der Waals surface area contributed by atoms with Crippen LogP contribution in [0.4, 0.5) is 11.4 Å². The molecule has 2 N–H and O–H groups in total. The Balaban J connectivity index is 1.76. The minimum atomic E-state index is -1.04. The summed E-state index contributed by atoms with van der Waals surface area (Å²) in [6.07, 6.45) is 1.51. The number of hydrogen-bond donors (Lipinski definition) is 2.